The second-order valence-corrected chi connectivity index (χ2v) is 10.1. The van der Waals surface area contributed by atoms with Crippen LogP contribution >= 0.6 is 0 Å². The number of rotatable bonds is 12. The van der Waals surface area contributed by atoms with Crippen LogP contribution in [0.5, 0.6) is 0 Å². The second kappa shape index (κ2) is 14.0. The predicted molar refractivity (Wildman–Crippen MR) is 145 cm³/mol. The van der Waals surface area contributed by atoms with Crippen molar-refractivity contribution in [2.75, 3.05) is 26.2 Å². The molecule has 0 aromatic heterocycles. The van der Waals surface area contributed by atoms with Crippen molar-refractivity contribution in [1.29, 1.82) is 0 Å². The SMILES string of the molecule is C#CCN1CC(=O)N2[C@@H](CCCC)C(=O)N(CC(CC)CCCC)C[C@@H]2N1C(=O)NCc1ccccc1. The van der Waals surface area contributed by atoms with Crippen molar-refractivity contribution < 1.29 is 14.4 Å². The second-order valence-electron chi connectivity index (χ2n) is 10.1. The van der Waals surface area contributed by atoms with Gasteiger partial charge in [0.2, 0.25) is 11.8 Å². The number of hydrogen-bond donors (Lipinski definition) is 1. The Hall–Kier alpha value is -3.05. The fourth-order valence-electron chi connectivity index (χ4n) is 5.36. The minimum absolute atomic E-state index is 0.00282. The zero-order valence-electron chi connectivity index (χ0n) is 22.7. The van der Waals surface area contributed by atoms with Gasteiger partial charge in [0.15, 0.2) is 0 Å². The van der Waals surface area contributed by atoms with Gasteiger partial charge in [-0.1, -0.05) is 89.1 Å². The third-order valence-electron chi connectivity index (χ3n) is 7.45. The fourth-order valence-corrected chi connectivity index (χ4v) is 5.36. The molecule has 1 aromatic carbocycles. The molecule has 2 aliphatic heterocycles. The van der Waals surface area contributed by atoms with Gasteiger partial charge in [-0.15, -0.1) is 6.42 Å². The molecule has 8 nitrogen and oxygen atoms in total. The van der Waals surface area contributed by atoms with Crippen LogP contribution in [0.25, 0.3) is 0 Å². The summed E-state index contributed by atoms with van der Waals surface area (Å²) in [6.07, 6.45) is 11.7. The standard InChI is InChI=1S/C29H43N5O3/c1-5-9-14-23(8-4)20-31-21-26-33(25(28(31)36)17-10-6-2)27(35)22-32(18-7-3)34(26)29(37)30-19-24-15-12-11-13-16-24/h3,11-13,15-16,23,25-26H,5-6,8-10,14,17-22H2,1-2,4H3,(H,30,37)/t23?,25-,26-/m0/s1. The van der Waals surface area contributed by atoms with Crippen molar-refractivity contribution in [1.82, 2.24) is 25.1 Å². The number of piperazine rings is 1. The first-order valence-electron chi connectivity index (χ1n) is 13.8. The lowest BCUT2D eigenvalue weighted by Crippen LogP contribution is -2.76. The number of benzene rings is 1. The molecule has 0 bridgehead atoms. The number of terminal acetylenes is 1. The molecule has 202 valence electrons. The summed E-state index contributed by atoms with van der Waals surface area (Å²) < 4.78 is 0. The first kappa shape index (κ1) is 28.5. The largest absolute Gasteiger partial charge is 0.337 e. The molecule has 2 heterocycles. The molecule has 8 heteroatoms. The summed E-state index contributed by atoms with van der Waals surface area (Å²) >= 11 is 0. The maximum absolute atomic E-state index is 13.7. The molecule has 0 spiro atoms. The van der Waals surface area contributed by atoms with E-state index >= 15 is 0 Å². The number of fused-ring (bicyclic) bond motifs is 1. The van der Waals surface area contributed by atoms with Crippen molar-refractivity contribution in [3.63, 3.8) is 0 Å². The number of hydrazine groups is 1. The number of urea groups is 1. The molecule has 4 amide bonds. The van der Waals surface area contributed by atoms with Crippen LogP contribution in [0.2, 0.25) is 0 Å². The van der Waals surface area contributed by atoms with E-state index in [2.05, 4.69) is 32.0 Å². The number of hydrogen-bond acceptors (Lipinski definition) is 4. The van der Waals surface area contributed by atoms with E-state index in [1.807, 2.05) is 35.2 Å². The molecule has 1 N–H and O–H groups in total. The zero-order valence-corrected chi connectivity index (χ0v) is 22.7. The molecule has 0 saturated carbocycles. The topological polar surface area (TPSA) is 76.2 Å². The first-order chi connectivity index (χ1) is 17.9. The molecule has 2 aliphatic rings. The van der Waals surface area contributed by atoms with Crippen molar-refractivity contribution in [3.8, 4) is 12.3 Å². The van der Waals surface area contributed by atoms with Gasteiger partial charge in [0.05, 0.1) is 19.6 Å². The minimum atomic E-state index is -0.589. The van der Waals surface area contributed by atoms with Crippen molar-refractivity contribution >= 4 is 17.8 Å². The highest BCUT2D eigenvalue weighted by Gasteiger charge is 2.51. The van der Waals surface area contributed by atoms with Crippen LogP contribution in [-0.4, -0.2) is 76.0 Å². The number of unbranched alkanes of at least 4 members (excludes halogenated alkanes) is 2. The summed E-state index contributed by atoms with van der Waals surface area (Å²) in [6, 6.07) is 8.82. The summed E-state index contributed by atoms with van der Waals surface area (Å²) in [5.74, 6) is 2.84. The highest BCUT2D eigenvalue weighted by molar-refractivity contribution is 5.91. The molecule has 3 atom stereocenters. The van der Waals surface area contributed by atoms with E-state index in [4.69, 9.17) is 6.42 Å². The lowest BCUT2D eigenvalue weighted by molar-refractivity contribution is -0.189. The first-order valence-corrected chi connectivity index (χ1v) is 13.8. The summed E-state index contributed by atoms with van der Waals surface area (Å²) in [4.78, 5) is 44.3. The number of nitrogens with one attached hydrogen (secondary N) is 1. The Kier molecular flexibility index (Phi) is 10.8. The lowest BCUT2D eigenvalue weighted by atomic mass is 9.96. The van der Waals surface area contributed by atoms with E-state index in [0.717, 1.165) is 44.1 Å². The number of amides is 4. The van der Waals surface area contributed by atoms with Gasteiger partial charge in [-0.05, 0) is 24.3 Å². The third kappa shape index (κ3) is 7.04. The van der Waals surface area contributed by atoms with Gasteiger partial charge < -0.3 is 15.1 Å². The Morgan fingerprint density at radius 3 is 2.51 bits per heavy atom. The Morgan fingerprint density at radius 2 is 1.86 bits per heavy atom. The highest BCUT2D eigenvalue weighted by Crippen LogP contribution is 2.30. The molecule has 1 aromatic rings. The normalized spacial score (nSPS) is 21.0. The highest BCUT2D eigenvalue weighted by atomic mass is 16.2. The van der Waals surface area contributed by atoms with E-state index < -0.39 is 12.2 Å². The van der Waals surface area contributed by atoms with Gasteiger partial charge in [-0.2, -0.15) is 5.01 Å². The van der Waals surface area contributed by atoms with Gasteiger partial charge >= 0.3 is 6.03 Å². The van der Waals surface area contributed by atoms with Crippen LogP contribution in [-0.2, 0) is 16.1 Å². The predicted octanol–water partition coefficient (Wildman–Crippen LogP) is 3.83. The average Bonchev–Trinajstić information content (AvgIpc) is 2.90. The maximum Gasteiger partial charge on any atom is 0.334 e. The molecular weight excluding hydrogens is 466 g/mol. The summed E-state index contributed by atoms with van der Waals surface area (Å²) in [5.41, 5.74) is 0.979. The Balaban J connectivity index is 1.90. The van der Waals surface area contributed by atoms with Crippen LogP contribution < -0.4 is 5.32 Å². The van der Waals surface area contributed by atoms with E-state index in [9.17, 15) is 14.4 Å². The zero-order chi connectivity index (χ0) is 26.8. The number of carbonyl (C=O) groups is 3. The van der Waals surface area contributed by atoms with E-state index in [-0.39, 0.29) is 37.5 Å². The third-order valence-corrected chi connectivity index (χ3v) is 7.45. The van der Waals surface area contributed by atoms with Crippen molar-refractivity contribution in [2.24, 2.45) is 5.92 Å². The average molecular weight is 510 g/mol. The van der Waals surface area contributed by atoms with Crippen LogP contribution in [0.4, 0.5) is 4.79 Å². The van der Waals surface area contributed by atoms with Gasteiger partial charge in [0.1, 0.15) is 12.2 Å². The lowest BCUT2D eigenvalue weighted by Gasteiger charge is -2.55. The Labute approximate surface area is 222 Å². The van der Waals surface area contributed by atoms with Crippen LogP contribution in [0.15, 0.2) is 30.3 Å². The smallest absolute Gasteiger partial charge is 0.334 e. The Bertz CT molecular complexity index is 947. The summed E-state index contributed by atoms with van der Waals surface area (Å²) in [6.45, 7) is 7.82. The number of nitrogens with zero attached hydrogens (tertiary/aromatic N) is 4. The monoisotopic (exact) mass is 509 g/mol. The van der Waals surface area contributed by atoms with Crippen LogP contribution in [0.3, 0.4) is 0 Å². The molecule has 0 aliphatic carbocycles. The van der Waals surface area contributed by atoms with E-state index in [0.29, 0.717) is 25.4 Å². The molecule has 1 unspecified atom stereocenters. The quantitative estimate of drug-likeness (QED) is 0.435. The summed E-state index contributed by atoms with van der Waals surface area (Å²) in [5, 5.41) is 6.24. The molecular formula is C29H43N5O3. The fraction of sp³-hybridized carbons (Fsp3) is 0.621. The van der Waals surface area contributed by atoms with E-state index in [1.165, 1.54) is 0 Å². The molecule has 2 saturated heterocycles. The number of carbonyl (C=O) groups excluding carboxylic acids is 3. The van der Waals surface area contributed by atoms with Gasteiger partial charge in [0, 0.05) is 13.1 Å². The molecule has 3 rings (SSSR count). The molecule has 0 radical (unpaired) electrons. The summed E-state index contributed by atoms with van der Waals surface area (Å²) in [7, 11) is 0. The van der Waals surface area contributed by atoms with Gasteiger partial charge in [-0.3, -0.25) is 9.59 Å². The van der Waals surface area contributed by atoms with Crippen molar-refractivity contribution in [2.45, 2.75) is 84.5 Å². The van der Waals surface area contributed by atoms with Gasteiger partial charge in [0.25, 0.3) is 0 Å². The molecule has 2 fully saturated rings. The van der Waals surface area contributed by atoms with Crippen LogP contribution in [0.1, 0.15) is 71.3 Å². The molecule has 37 heavy (non-hydrogen) atoms. The Morgan fingerprint density at radius 1 is 1.14 bits per heavy atom. The van der Waals surface area contributed by atoms with Crippen molar-refractivity contribution in [3.05, 3.63) is 35.9 Å². The maximum atomic E-state index is 13.7. The van der Waals surface area contributed by atoms with E-state index in [1.54, 1.807) is 14.9 Å². The van der Waals surface area contributed by atoms with Crippen LogP contribution in [0, 0.1) is 18.3 Å². The van der Waals surface area contributed by atoms with Gasteiger partial charge in [-0.25, -0.2) is 9.80 Å². The minimum Gasteiger partial charge on any atom is -0.337 e.